The summed E-state index contributed by atoms with van der Waals surface area (Å²) in [7, 11) is -4.74. The van der Waals surface area contributed by atoms with Crippen LogP contribution in [0.3, 0.4) is 0 Å². The van der Waals surface area contributed by atoms with Crippen molar-refractivity contribution in [3.05, 3.63) is 99.2 Å². The van der Waals surface area contributed by atoms with Crippen molar-refractivity contribution in [3.8, 4) is 0 Å². The Kier molecular flexibility index (Phi) is 8.61. The molecule has 2 aromatic carbocycles. The lowest BCUT2D eigenvalue weighted by Gasteiger charge is -2.13. The van der Waals surface area contributed by atoms with Crippen molar-refractivity contribution in [2.24, 2.45) is 5.73 Å². The first-order valence-electron chi connectivity index (χ1n) is 9.94. The fourth-order valence-corrected chi connectivity index (χ4v) is 5.58. The molecule has 8 heteroatoms. The number of halogens is 1. The number of ether oxygens (including phenoxy) is 1. The average Bonchev–Trinajstić information content (AvgIpc) is 3.21. The lowest BCUT2D eigenvalue weighted by molar-refractivity contribution is 0.212. The molecule has 2 atom stereocenters. The lowest BCUT2D eigenvalue weighted by atomic mass is 10.1. The van der Waals surface area contributed by atoms with Gasteiger partial charge in [-0.15, -0.1) is 0 Å². The number of benzene rings is 2. The zero-order chi connectivity index (χ0) is 22.3. The largest absolute Gasteiger partial charge is 0.488 e. The maximum absolute atomic E-state index is 10.9. The topological polar surface area (TPSA) is 92.8 Å². The van der Waals surface area contributed by atoms with Crippen LogP contribution in [0.1, 0.15) is 24.0 Å². The summed E-state index contributed by atoms with van der Waals surface area (Å²) in [5.41, 5.74) is 8.06. The Bertz CT molecular complexity index is 1020. The van der Waals surface area contributed by atoms with Crippen LogP contribution in [0.2, 0.25) is 5.02 Å². The number of thiol groups is 1. The van der Waals surface area contributed by atoms with Crippen LogP contribution in [-0.2, 0) is 22.3 Å². The van der Waals surface area contributed by atoms with Crippen LogP contribution in [0.15, 0.2) is 88.0 Å². The van der Waals surface area contributed by atoms with Crippen molar-refractivity contribution < 1.29 is 19.1 Å². The normalized spacial score (nSPS) is 18.3. The molecule has 1 heterocycles. The molecule has 0 saturated heterocycles. The van der Waals surface area contributed by atoms with Gasteiger partial charge in [0.25, 0.3) is 0 Å². The molecule has 166 valence electrons. The molecule has 0 spiro atoms. The summed E-state index contributed by atoms with van der Waals surface area (Å²) >= 11 is 6.51. The third-order valence-corrected chi connectivity index (χ3v) is 7.55. The van der Waals surface area contributed by atoms with Gasteiger partial charge < -0.3 is 20.3 Å². The van der Waals surface area contributed by atoms with Gasteiger partial charge >= 0.3 is 7.60 Å². The van der Waals surface area contributed by atoms with Gasteiger partial charge in [0.1, 0.15) is 12.4 Å². The molecule has 1 aliphatic heterocycles. The molecule has 5 nitrogen and oxygen atoms in total. The molecule has 3 rings (SSSR count). The second-order valence-corrected chi connectivity index (χ2v) is 11.1. The number of nitrogens with two attached hydrogens (primary N) is 1. The average molecular weight is 480 g/mol. The van der Waals surface area contributed by atoms with Crippen LogP contribution in [0.5, 0.6) is 0 Å². The predicted octanol–water partition coefficient (Wildman–Crippen LogP) is 5.63. The van der Waals surface area contributed by atoms with E-state index in [-0.39, 0.29) is 0 Å². The number of aryl methyl sites for hydroxylation is 1. The van der Waals surface area contributed by atoms with E-state index in [2.05, 4.69) is 16.9 Å². The minimum absolute atomic E-state index is 0.391. The summed E-state index contributed by atoms with van der Waals surface area (Å²) in [6.07, 6.45) is 5.53. The monoisotopic (exact) mass is 479 g/mol. The minimum atomic E-state index is -4.16. The molecular formula is C23H27ClNO4PS. The van der Waals surface area contributed by atoms with Gasteiger partial charge in [0.15, 0.2) is 0 Å². The molecule has 2 aromatic rings. The fourth-order valence-electron chi connectivity index (χ4n) is 3.11. The van der Waals surface area contributed by atoms with E-state index in [0.717, 1.165) is 40.6 Å². The van der Waals surface area contributed by atoms with Crippen LogP contribution in [0.25, 0.3) is 0 Å². The fraction of sp³-hybridized carbons (Fsp3) is 0.217. The quantitative estimate of drug-likeness (QED) is 0.262. The third-order valence-electron chi connectivity index (χ3n) is 4.76. The second-order valence-electron chi connectivity index (χ2n) is 7.29. The summed E-state index contributed by atoms with van der Waals surface area (Å²) in [4.78, 5) is 18.9. The van der Waals surface area contributed by atoms with E-state index in [1.807, 2.05) is 48.5 Å². The Morgan fingerprint density at radius 2 is 1.97 bits per heavy atom. The summed E-state index contributed by atoms with van der Waals surface area (Å²) in [5, 5.41) is 5.03. The first-order valence-corrected chi connectivity index (χ1v) is 13.5. The van der Waals surface area contributed by atoms with Gasteiger partial charge in [-0.1, -0.05) is 54.1 Å². The van der Waals surface area contributed by atoms with E-state index < -0.39 is 24.5 Å². The highest BCUT2D eigenvalue weighted by molar-refractivity contribution is 8.22. The standard InChI is InChI=1S/C23H27ClNO4PS/c24-23-15-22(10-9-19(23)7-4-8-20(25)11-13-30(26,27)28)31-14-12-21(17-31)29-16-18-5-2-1-3-6-18/h1-3,5-6,9-15,17,20,31H,4,7-8,16,25H2,(H2,26,27,28). The SMILES string of the molecule is NC(C=CP(=O)(O)O)CCCc1ccc([SH]2C=CC(OCc3ccccc3)=C2)cc1Cl. The Balaban J connectivity index is 1.51. The van der Waals surface area contributed by atoms with Crippen LogP contribution >= 0.6 is 30.1 Å². The molecule has 1 aliphatic rings. The number of hydrogen-bond acceptors (Lipinski definition) is 3. The van der Waals surface area contributed by atoms with Gasteiger partial charge in [0, 0.05) is 22.3 Å². The van der Waals surface area contributed by atoms with Gasteiger partial charge in [-0.2, -0.15) is 10.9 Å². The maximum atomic E-state index is 10.9. The zero-order valence-electron chi connectivity index (χ0n) is 17.0. The molecule has 31 heavy (non-hydrogen) atoms. The molecular weight excluding hydrogens is 453 g/mol. The Morgan fingerprint density at radius 1 is 1.19 bits per heavy atom. The maximum Gasteiger partial charge on any atom is 0.348 e. The molecule has 0 radical (unpaired) electrons. The lowest BCUT2D eigenvalue weighted by Crippen LogP contribution is -2.16. The van der Waals surface area contributed by atoms with Crippen molar-refractivity contribution in [3.63, 3.8) is 0 Å². The highest BCUT2D eigenvalue weighted by atomic mass is 35.5. The van der Waals surface area contributed by atoms with Crippen molar-refractivity contribution in [1.82, 2.24) is 0 Å². The van der Waals surface area contributed by atoms with Crippen LogP contribution in [-0.4, -0.2) is 15.8 Å². The predicted molar refractivity (Wildman–Crippen MR) is 129 cm³/mol. The molecule has 0 saturated carbocycles. The zero-order valence-corrected chi connectivity index (χ0v) is 19.5. The summed E-state index contributed by atoms with van der Waals surface area (Å²) in [6.45, 7) is 0.547. The van der Waals surface area contributed by atoms with Gasteiger partial charge in [-0.05, 0) is 58.9 Å². The van der Waals surface area contributed by atoms with Gasteiger partial charge in [0.05, 0.1) is 0 Å². The number of hydrogen-bond donors (Lipinski definition) is 4. The highest BCUT2D eigenvalue weighted by Crippen LogP contribution is 2.45. The molecule has 0 bridgehead atoms. The molecule has 2 unspecified atom stereocenters. The van der Waals surface area contributed by atoms with E-state index in [1.54, 1.807) is 0 Å². The van der Waals surface area contributed by atoms with Gasteiger partial charge in [-0.25, -0.2) is 0 Å². The summed E-state index contributed by atoms with van der Waals surface area (Å²) < 4.78 is 16.8. The van der Waals surface area contributed by atoms with Crippen molar-refractivity contribution in [2.45, 2.75) is 36.8 Å². The van der Waals surface area contributed by atoms with Crippen molar-refractivity contribution in [2.75, 3.05) is 0 Å². The Labute approximate surface area is 190 Å². The van der Waals surface area contributed by atoms with Gasteiger partial charge in [0.2, 0.25) is 0 Å². The smallest absolute Gasteiger partial charge is 0.348 e. The Hall–Kier alpha value is -1.79. The molecule has 0 fully saturated rings. The molecule has 4 N–H and O–H groups in total. The highest BCUT2D eigenvalue weighted by Gasteiger charge is 2.12. The second kappa shape index (κ2) is 11.2. The van der Waals surface area contributed by atoms with E-state index >= 15 is 0 Å². The summed E-state index contributed by atoms with van der Waals surface area (Å²) in [5.74, 6) is 1.75. The molecule has 0 aromatic heterocycles. The number of allylic oxidation sites excluding steroid dienone is 1. The molecule has 0 amide bonds. The van der Waals surface area contributed by atoms with E-state index in [9.17, 15) is 4.57 Å². The first kappa shape index (κ1) is 23.9. The third kappa shape index (κ3) is 8.00. The molecule has 0 aliphatic carbocycles. The van der Waals surface area contributed by atoms with E-state index in [4.69, 9.17) is 31.9 Å². The summed E-state index contributed by atoms with van der Waals surface area (Å²) in [6, 6.07) is 15.8. The van der Waals surface area contributed by atoms with E-state index in [1.165, 1.54) is 11.0 Å². The van der Waals surface area contributed by atoms with Crippen LogP contribution in [0.4, 0.5) is 0 Å². The minimum Gasteiger partial charge on any atom is -0.488 e. The van der Waals surface area contributed by atoms with Crippen molar-refractivity contribution in [1.29, 1.82) is 0 Å². The van der Waals surface area contributed by atoms with Crippen LogP contribution in [0, 0.1) is 0 Å². The number of rotatable bonds is 10. The van der Waals surface area contributed by atoms with Crippen molar-refractivity contribution >= 4 is 30.1 Å². The Morgan fingerprint density at radius 3 is 2.68 bits per heavy atom. The first-order chi connectivity index (χ1) is 14.8. The van der Waals surface area contributed by atoms with Gasteiger partial charge in [-0.3, -0.25) is 4.57 Å². The van der Waals surface area contributed by atoms with Crippen LogP contribution < -0.4 is 5.73 Å². The van der Waals surface area contributed by atoms with E-state index in [0.29, 0.717) is 13.0 Å².